The SMILES string of the molecule is C=C/C=C(/C=O)N=C(C)CCC. The highest BCUT2D eigenvalue weighted by Crippen LogP contribution is 1.98. The van der Waals surface area contributed by atoms with E-state index in [1.165, 1.54) is 0 Å². The lowest BCUT2D eigenvalue weighted by atomic mass is 10.2. The maximum Gasteiger partial charge on any atom is 0.168 e. The largest absolute Gasteiger partial charge is 0.296 e. The summed E-state index contributed by atoms with van der Waals surface area (Å²) in [6, 6.07) is 0. The molecule has 0 atom stereocenters. The molecule has 0 fully saturated rings. The van der Waals surface area contributed by atoms with Gasteiger partial charge in [0.15, 0.2) is 6.29 Å². The van der Waals surface area contributed by atoms with Crippen LogP contribution in [0.5, 0.6) is 0 Å². The molecule has 0 saturated carbocycles. The van der Waals surface area contributed by atoms with E-state index in [4.69, 9.17) is 0 Å². The lowest BCUT2D eigenvalue weighted by Gasteiger charge is -1.95. The first-order valence-electron chi connectivity index (χ1n) is 4.06. The lowest BCUT2D eigenvalue weighted by Crippen LogP contribution is -1.92. The fourth-order valence-corrected chi connectivity index (χ4v) is 0.862. The van der Waals surface area contributed by atoms with Gasteiger partial charge in [0.2, 0.25) is 0 Å². The molecule has 0 N–H and O–H groups in total. The molecule has 2 nitrogen and oxygen atoms in total. The lowest BCUT2D eigenvalue weighted by molar-refractivity contribution is -0.104. The van der Waals surface area contributed by atoms with E-state index >= 15 is 0 Å². The first-order valence-corrected chi connectivity index (χ1v) is 4.06. The minimum Gasteiger partial charge on any atom is -0.296 e. The highest BCUT2D eigenvalue weighted by Gasteiger charge is 1.92. The Morgan fingerprint density at radius 1 is 1.58 bits per heavy atom. The Morgan fingerprint density at radius 2 is 2.25 bits per heavy atom. The van der Waals surface area contributed by atoms with Gasteiger partial charge in [-0.15, -0.1) is 0 Å². The van der Waals surface area contributed by atoms with Gasteiger partial charge in [-0.1, -0.05) is 26.0 Å². The summed E-state index contributed by atoms with van der Waals surface area (Å²) in [4.78, 5) is 14.5. The molecule has 0 aromatic heterocycles. The molecule has 0 aromatic carbocycles. The van der Waals surface area contributed by atoms with E-state index < -0.39 is 0 Å². The van der Waals surface area contributed by atoms with E-state index in [1.807, 2.05) is 6.92 Å². The zero-order valence-electron chi connectivity index (χ0n) is 7.71. The molecule has 12 heavy (non-hydrogen) atoms. The van der Waals surface area contributed by atoms with Gasteiger partial charge >= 0.3 is 0 Å². The van der Waals surface area contributed by atoms with Crippen molar-refractivity contribution in [1.29, 1.82) is 0 Å². The third-order valence-corrected chi connectivity index (χ3v) is 1.34. The summed E-state index contributed by atoms with van der Waals surface area (Å²) in [6.45, 7) is 7.50. The summed E-state index contributed by atoms with van der Waals surface area (Å²) in [6.07, 6.45) is 5.89. The number of carbonyl (C=O) groups excluding carboxylic acids is 1. The Labute approximate surface area is 73.7 Å². The summed E-state index contributed by atoms with van der Waals surface area (Å²) < 4.78 is 0. The van der Waals surface area contributed by atoms with Gasteiger partial charge in [0.05, 0.1) is 0 Å². The molecule has 66 valence electrons. The van der Waals surface area contributed by atoms with Crippen molar-refractivity contribution in [3.8, 4) is 0 Å². The van der Waals surface area contributed by atoms with Gasteiger partial charge in [0.25, 0.3) is 0 Å². The molecule has 0 rings (SSSR count). The van der Waals surface area contributed by atoms with Crippen molar-refractivity contribution in [3.63, 3.8) is 0 Å². The maximum atomic E-state index is 10.4. The van der Waals surface area contributed by atoms with E-state index in [9.17, 15) is 4.79 Å². The van der Waals surface area contributed by atoms with Crippen LogP contribution in [0.4, 0.5) is 0 Å². The third kappa shape index (κ3) is 4.61. The zero-order valence-corrected chi connectivity index (χ0v) is 7.71. The molecule has 0 heterocycles. The van der Waals surface area contributed by atoms with Gasteiger partial charge < -0.3 is 0 Å². The predicted octanol–water partition coefficient (Wildman–Crippen LogP) is 2.52. The minimum absolute atomic E-state index is 0.441. The van der Waals surface area contributed by atoms with Crippen LogP contribution in [0.15, 0.2) is 29.4 Å². The highest BCUT2D eigenvalue weighted by atomic mass is 16.1. The normalized spacial score (nSPS) is 12.8. The monoisotopic (exact) mass is 165 g/mol. The van der Waals surface area contributed by atoms with Crippen LogP contribution in [0.2, 0.25) is 0 Å². The van der Waals surface area contributed by atoms with Gasteiger partial charge in [0.1, 0.15) is 5.70 Å². The Balaban J connectivity index is 4.34. The van der Waals surface area contributed by atoms with Gasteiger partial charge in [-0.05, 0) is 19.4 Å². The van der Waals surface area contributed by atoms with Crippen LogP contribution < -0.4 is 0 Å². The first-order chi connectivity index (χ1) is 5.74. The first kappa shape index (κ1) is 10.8. The average Bonchev–Trinajstić information content (AvgIpc) is 2.04. The van der Waals surface area contributed by atoms with Gasteiger partial charge in [-0.25, -0.2) is 0 Å². The number of hydrogen-bond acceptors (Lipinski definition) is 2. The number of aldehydes is 1. The van der Waals surface area contributed by atoms with Crippen LogP contribution in [0.3, 0.4) is 0 Å². The molecule has 0 bridgehead atoms. The highest BCUT2D eigenvalue weighted by molar-refractivity contribution is 5.87. The van der Waals surface area contributed by atoms with Gasteiger partial charge in [-0.3, -0.25) is 9.79 Å². The van der Waals surface area contributed by atoms with E-state index in [1.54, 1.807) is 12.2 Å². The summed E-state index contributed by atoms with van der Waals surface area (Å²) in [7, 11) is 0. The molecule has 0 aliphatic heterocycles. The van der Waals surface area contributed by atoms with Crippen LogP contribution in [-0.4, -0.2) is 12.0 Å². The van der Waals surface area contributed by atoms with E-state index in [0.29, 0.717) is 5.70 Å². The predicted molar refractivity (Wildman–Crippen MR) is 52.4 cm³/mol. The Kier molecular flexibility index (Phi) is 5.88. The molecular formula is C10H15NO. The van der Waals surface area contributed by atoms with Crippen molar-refractivity contribution in [1.82, 2.24) is 0 Å². The molecule has 0 aliphatic carbocycles. The van der Waals surface area contributed by atoms with Crippen molar-refractivity contribution in [3.05, 3.63) is 24.4 Å². The summed E-state index contributed by atoms with van der Waals surface area (Å²) in [5.74, 6) is 0. The van der Waals surface area contributed by atoms with E-state index in [0.717, 1.165) is 24.8 Å². The third-order valence-electron chi connectivity index (χ3n) is 1.34. The fraction of sp³-hybridized carbons (Fsp3) is 0.400. The smallest absolute Gasteiger partial charge is 0.168 e. The molecule has 0 spiro atoms. The maximum absolute atomic E-state index is 10.4. The Bertz CT molecular complexity index is 214. The molecule has 0 aromatic rings. The summed E-state index contributed by atoms with van der Waals surface area (Å²) in [5.41, 5.74) is 1.42. The molecule has 0 aliphatic rings. The molecular weight excluding hydrogens is 150 g/mol. The number of hydrogen-bond donors (Lipinski definition) is 0. The van der Waals surface area contributed by atoms with E-state index in [-0.39, 0.29) is 0 Å². The number of nitrogens with zero attached hydrogens (tertiary/aromatic N) is 1. The fourth-order valence-electron chi connectivity index (χ4n) is 0.862. The minimum atomic E-state index is 0.441. The van der Waals surface area contributed by atoms with Crippen LogP contribution in [-0.2, 0) is 4.79 Å². The zero-order chi connectivity index (χ0) is 9.40. The molecule has 2 heteroatoms. The standard InChI is InChI=1S/C10H15NO/c1-4-6-9(3)11-10(8-12)7-5-2/h5,7-8H,2,4,6H2,1,3H3/b10-7-,11-9?. The topological polar surface area (TPSA) is 29.4 Å². The van der Waals surface area contributed by atoms with Crippen LogP contribution >= 0.6 is 0 Å². The Morgan fingerprint density at radius 3 is 2.67 bits per heavy atom. The van der Waals surface area contributed by atoms with Crippen LogP contribution in [0.1, 0.15) is 26.7 Å². The average molecular weight is 165 g/mol. The van der Waals surface area contributed by atoms with E-state index in [2.05, 4.69) is 18.5 Å². The van der Waals surface area contributed by atoms with Crippen molar-refractivity contribution in [2.45, 2.75) is 26.7 Å². The second kappa shape index (κ2) is 6.53. The summed E-state index contributed by atoms with van der Waals surface area (Å²) >= 11 is 0. The second-order valence-corrected chi connectivity index (χ2v) is 2.54. The van der Waals surface area contributed by atoms with Gasteiger partial charge in [0, 0.05) is 5.71 Å². The van der Waals surface area contributed by atoms with Crippen molar-refractivity contribution in [2.75, 3.05) is 0 Å². The molecule has 0 unspecified atom stereocenters. The number of rotatable bonds is 5. The van der Waals surface area contributed by atoms with Crippen molar-refractivity contribution >= 4 is 12.0 Å². The number of aliphatic imine (C=N–C) groups is 1. The number of carbonyl (C=O) groups is 1. The van der Waals surface area contributed by atoms with Crippen molar-refractivity contribution in [2.24, 2.45) is 4.99 Å². The van der Waals surface area contributed by atoms with Crippen LogP contribution in [0.25, 0.3) is 0 Å². The number of allylic oxidation sites excluding steroid dienone is 3. The van der Waals surface area contributed by atoms with Crippen LogP contribution in [0, 0.1) is 0 Å². The van der Waals surface area contributed by atoms with Gasteiger partial charge in [-0.2, -0.15) is 0 Å². The molecule has 0 saturated heterocycles. The van der Waals surface area contributed by atoms with Crippen molar-refractivity contribution < 1.29 is 4.79 Å². The molecule has 0 radical (unpaired) electrons. The summed E-state index contributed by atoms with van der Waals surface area (Å²) in [5, 5.41) is 0. The Hall–Kier alpha value is -1.18. The quantitative estimate of drug-likeness (QED) is 0.266. The second-order valence-electron chi connectivity index (χ2n) is 2.54. The molecule has 0 amide bonds.